The van der Waals surface area contributed by atoms with E-state index in [2.05, 4.69) is 153 Å². The van der Waals surface area contributed by atoms with Crippen molar-refractivity contribution in [3.8, 4) is 23.0 Å². The molecular weight excluding hydrogens is 734 g/mol. The molecule has 0 amide bonds. The van der Waals surface area contributed by atoms with Gasteiger partial charge in [-0.05, 0) is 80.8 Å². The average Bonchev–Trinajstić information content (AvgIpc) is 3.88. The molecule has 7 heteroatoms. The van der Waals surface area contributed by atoms with E-state index in [1.807, 2.05) is 24.3 Å². The molecule has 0 aromatic heterocycles. The third-order valence-electron chi connectivity index (χ3n) is 9.11. The third-order valence-corrected chi connectivity index (χ3v) is 12.2. The minimum atomic E-state index is -1.17. The van der Waals surface area contributed by atoms with Crippen molar-refractivity contribution < 1.29 is 35.2 Å². The zero-order valence-electron chi connectivity index (χ0n) is 32.6. The summed E-state index contributed by atoms with van der Waals surface area (Å²) in [6.45, 7) is 17.6. The monoisotopic (exact) mass is 790 g/mol. The molecule has 4 nitrogen and oxygen atoms in total. The van der Waals surface area contributed by atoms with Crippen molar-refractivity contribution in [2.45, 2.75) is 105 Å². The van der Waals surface area contributed by atoms with E-state index in [1.54, 1.807) is 0 Å². The molecule has 2 aliphatic carbocycles. The molecule has 0 unspecified atom stereocenters. The molecule has 4 aromatic rings. The number of rotatable bonds is 14. The quantitative estimate of drug-likeness (QED) is 0.0724. The number of hydrogen-bond acceptors (Lipinski definition) is 4. The van der Waals surface area contributed by atoms with E-state index in [4.69, 9.17) is 18.1 Å². The molecule has 4 aromatic carbocycles. The maximum absolute atomic E-state index is 6.48. The van der Waals surface area contributed by atoms with Crippen LogP contribution in [0.5, 0.6) is 23.0 Å². The SMILES string of the molecule is CC(C)c1ccccc1OP(Oc1ccccc1C(C)C)C1=CC[CH-]C1.CC(C)c1ccccc1OP(Oc1ccccc1C(C)C)C1=CC[CH-]C1.[Fe+2]. The Bertz CT molecular complexity index is 1560. The topological polar surface area (TPSA) is 36.9 Å². The van der Waals surface area contributed by atoms with E-state index in [0.29, 0.717) is 23.7 Å². The minimum Gasteiger partial charge on any atom is -0.435 e. The second-order valence-electron chi connectivity index (χ2n) is 14.5. The van der Waals surface area contributed by atoms with Crippen molar-refractivity contribution in [3.63, 3.8) is 0 Å². The number of para-hydroxylation sites is 4. The van der Waals surface area contributed by atoms with Gasteiger partial charge in [-0.25, -0.2) is 0 Å². The molecule has 2 aliphatic rings. The molecule has 0 aliphatic heterocycles. The molecule has 0 heterocycles. The molecule has 0 radical (unpaired) electrons. The molecule has 0 spiro atoms. The Balaban J connectivity index is 0.000000232. The van der Waals surface area contributed by atoms with Gasteiger partial charge in [0.05, 0.1) is 0 Å². The summed E-state index contributed by atoms with van der Waals surface area (Å²) in [5.41, 5.74) is 4.90. The largest absolute Gasteiger partial charge is 2.00 e. The van der Waals surface area contributed by atoms with Crippen molar-refractivity contribution in [2.75, 3.05) is 0 Å². The van der Waals surface area contributed by atoms with E-state index in [9.17, 15) is 0 Å². The maximum Gasteiger partial charge on any atom is 2.00 e. The maximum atomic E-state index is 6.48. The van der Waals surface area contributed by atoms with Crippen molar-refractivity contribution in [1.82, 2.24) is 0 Å². The van der Waals surface area contributed by atoms with E-state index in [0.717, 1.165) is 48.7 Å². The summed E-state index contributed by atoms with van der Waals surface area (Å²) in [4.78, 5) is 0. The smallest absolute Gasteiger partial charge is 0.435 e. The van der Waals surface area contributed by atoms with Crippen LogP contribution >= 0.6 is 16.8 Å². The molecule has 0 N–H and O–H groups in total. The predicted molar refractivity (Wildman–Crippen MR) is 222 cm³/mol. The van der Waals surface area contributed by atoms with Crippen LogP contribution in [0.25, 0.3) is 0 Å². The van der Waals surface area contributed by atoms with Gasteiger partial charge in [-0.15, -0.1) is 25.0 Å². The fourth-order valence-corrected chi connectivity index (χ4v) is 9.15. The van der Waals surface area contributed by atoms with E-state index in [-0.39, 0.29) is 17.1 Å². The van der Waals surface area contributed by atoms with Gasteiger partial charge in [0.15, 0.2) is 0 Å². The van der Waals surface area contributed by atoms with Crippen LogP contribution < -0.4 is 18.1 Å². The summed E-state index contributed by atoms with van der Waals surface area (Å²) in [5, 5.41) is 2.52. The standard InChI is InChI=1S/2C23H28O2P.Fe/c2*1-17(2)20-13-7-9-15-22(20)24-26(19-11-5-6-12-19)25-23-16-10-8-14-21(23)18(3)4;/h2*5,7-10,12-18H,6,11H2,1-4H3;/q2*-1;+2. The van der Waals surface area contributed by atoms with Gasteiger partial charge in [-0.3, -0.25) is 0 Å². The molecule has 0 saturated heterocycles. The van der Waals surface area contributed by atoms with Crippen LogP contribution in [0.3, 0.4) is 0 Å². The number of benzene rings is 4. The first kappa shape index (κ1) is 42.7. The second-order valence-corrected chi connectivity index (χ2v) is 17.4. The summed E-state index contributed by atoms with van der Waals surface area (Å²) >= 11 is 0. The van der Waals surface area contributed by atoms with Gasteiger partial charge in [-0.1, -0.05) is 128 Å². The Morgan fingerprint density at radius 2 is 0.660 bits per heavy atom. The molecule has 6 rings (SSSR count). The summed E-state index contributed by atoms with van der Waals surface area (Å²) in [5.74, 6) is 5.38. The normalized spacial score (nSPS) is 13.9. The molecule has 53 heavy (non-hydrogen) atoms. The van der Waals surface area contributed by atoms with Crippen molar-refractivity contribution in [2.24, 2.45) is 0 Å². The van der Waals surface area contributed by atoms with Gasteiger partial charge in [0.25, 0.3) is 0 Å². The molecule has 0 fully saturated rings. The molecule has 0 atom stereocenters. The first-order chi connectivity index (χ1) is 25.1. The number of hydrogen-bond donors (Lipinski definition) is 0. The van der Waals surface area contributed by atoms with Crippen LogP contribution in [0, 0.1) is 12.8 Å². The third kappa shape index (κ3) is 12.0. The Labute approximate surface area is 333 Å². The fourth-order valence-electron chi connectivity index (χ4n) is 6.16. The second kappa shape index (κ2) is 21.1. The molecule has 0 saturated carbocycles. The Morgan fingerprint density at radius 1 is 0.415 bits per heavy atom. The van der Waals surface area contributed by atoms with E-state index >= 15 is 0 Å². The van der Waals surface area contributed by atoms with Gasteiger partial charge < -0.3 is 30.9 Å². The van der Waals surface area contributed by atoms with Crippen LogP contribution in [-0.4, -0.2) is 0 Å². The molecular formula is C46H56FeO4P2. The van der Waals surface area contributed by atoms with E-state index < -0.39 is 16.8 Å². The molecule has 0 bridgehead atoms. The van der Waals surface area contributed by atoms with Gasteiger partial charge in [-0.2, -0.15) is 12.8 Å². The van der Waals surface area contributed by atoms with Gasteiger partial charge in [0, 0.05) is 0 Å². The number of allylic oxidation sites excluding steroid dienone is 4. The van der Waals surface area contributed by atoms with Crippen LogP contribution in [-0.2, 0) is 17.1 Å². The zero-order valence-corrected chi connectivity index (χ0v) is 35.5. The summed E-state index contributed by atoms with van der Waals surface area (Å²) in [7, 11) is -2.33. The summed E-state index contributed by atoms with van der Waals surface area (Å²) in [6.07, 6.45) is 12.9. The van der Waals surface area contributed by atoms with Crippen molar-refractivity contribution in [1.29, 1.82) is 0 Å². The van der Waals surface area contributed by atoms with Crippen LogP contribution in [0.4, 0.5) is 0 Å². The van der Waals surface area contributed by atoms with Crippen LogP contribution in [0.2, 0.25) is 0 Å². The van der Waals surface area contributed by atoms with E-state index in [1.165, 1.54) is 32.9 Å². The van der Waals surface area contributed by atoms with Gasteiger partial charge in [0.1, 0.15) is 23.0 Å². The Hall–Kier alpha value is -3.06. The van der Waals surface area contributed by atoms with Gasteiger partial charge in [0.2, 0.25) is 0 Å². The predicted octanol–water partition coefficient (Wildman–Crippen LogP) is 15.2. The van der Waals surface area contributed by atoms with Crippen molar-refractivity contribution >= 4 is 16.8 Å². The summed E-state index contributed by atoms with van der Waals surface area (Å²) in [6, 6.07) is 33.2. The fraction of sp³-hybridized carbons (Fsp3) is 0.348. The van der Waals surface area contributed by atoms with Crippen LogP contribution in [0.15, 0.2) is 120 Å². The first-order valence-electron chi connectivity index (χ1n) is 18.8. The Morgan fingerprint density at radius 3 is 0.868 bits per heavy atom. The average molecular weight is 791 g/mol. The summed E-state index contributed by atoms with van der Waals surface area (Å²) < 4.78 is 25.9. The first-order valence-corrected chi connectivity index (χ1v) is 21.2. The van der Waals surface area contributed by atoms with Crippen LogP contribution in [0.1, 0.15) is 127 Å². The molecule has 282 valence electrons. The Kier molecular flexibility index (Phi) is 17.0. The zero-order chi connectivity index (χ0) is 37.0. The van der Waals surface area contributed by atoms with Crippen molar-refractivity contribution in [3.05, 3.63) is 155 Å². The minimum absolute atomic E-state index is 0. The van der Waals surface area contributed by atoms with Gasteiger partial charge >= 0.3 is 33.8 Å².